The third-order valence-corrected chi connectivity index (χ3v) is 4.00. The molecule has 2 heterocycles. The summed E-state index contributed by atoms with van der Waals surface area (Å²) < 4.78 is 19.5. The fourth-order valence-corrected chi connectivity index (χ4v) is 2.67. The summed E-state index contributed by atoms with van der Waals surface area (Å²) in [6.07, 6.45) is 0.666. The third-order valence-electron chi connectivity index (χ3n) is 4.00. The molecule has 0 radical (unpaired) electrons. The Morgan fingerprint density at radius 2 is 2.13 bits per heavy atom. The van der Waals surface area contributed by atoms with Crippen LogP contribution >= 0.6 is 0 Å². The second-order valence-corrected chi connectivity index (χ2v) is 5.86. The van der Waals surface area contributed by atoms with Crippen LogP contribution in [0.3, 0.4) is 0 Å². The number of ether oxygens (including phenoxy) is 1. The minimum absolute atomic E-state index is 0.0801. The van der Waals surface area contributed by atoms with Crippen LogP contribution in [0.2, 0.25) is 0 Å². The monoisotopic (exact) mass is 314 g/mol. The number of hydrogen-bond acceptors (Lipinski definition) is 3. The first kappa shape index (κ1) is 15.5. The van der Waals surface area contributed by atoms with Crippen LogP contribution in [0.15, 0.2) is 36.4 Å². The number of carbonyl (C=O) groups excluding carboxylic acids is 1. The minimum atomic E-state index is -0.355. The molecule has 2 aromatic rings. The van der Waals surface area contributed by atoms with Crippen LogP contribution < -0.4 is 4.74 Å². The Labute approximate surface area is 134 Å². The van der Waals surface area contributed by atoms with E-state index in [1.54, 1.807) is 24.0 Å². The molecular weight excluding hydrogens is 295 g/mol. The van der Waals surface area contributed by atoms with Crippen LogP contribution in [-0.4, -0.2) is 35.0 Å². The lowest BCUT2D eigenvalue weighted by molar-refractivity contribution is 0.0770. The molecule has 5 heteroatoms. The normalized spacial score (nSPS) is 17.3. The van der Waals surface area contributed by atoms with Crippen molar-refractivity contribution in [2.24, 2.45) is 0 Å². The molecule has 120 valence electrons. The van der Waals surface area contributed by atoms with Crippen LogP contribution in [0, 0.1) is 19.7 Å². The molecule has 1 unspecified atom stereocenters. The van der Waals surface area contributed by atoms with Gasteiger partial charge in [-0.05, 0) is 37.6 Å². The van der Waals surface area contributed by atoms with Crippen molar-refractivity contribution in [3.63, 3.8) is 0 Å². The summed E-state index contributed by atoms with van der Waals surface area (Å²) in [6, 6.07) is 10.2. The van der Waals surface area contributed by atoms with E-state index in [-0.39, 0.29) is 17.8 Å². The fraction of sp³-hybridized carbons (Fsp3) is 0.333. The quantitative estimate of drug-likeness (QED) is 0.874. The van der Waals surface area contributed by atoms with Gasteiger partial charge in [-0.1, -0.05) is 12.1 Å². The summed E-state index contributed by atoms with van der Waals surface area (Å²) in [7, 11) is 0. The van der Waals surface area contributed by atoms with Crippen LogP contribution in [0.25, 0.3) is 0 Å². The maximum absolute atomic E-state index is 13.6. The van der Waals surface area contributed by atoms with E-state index in [1.165, 1.54) is 6.07 Å². The van der Waals surface area contributed by atoms with E-state index in [1.807, 2.05) is 25.1 Å². The summed E-state index contributed by atoms with van der Waals surface area (Å²) in [4.78, 5) is 18.5. The number of amides is 1. The second-order valence-electron chi connectivity index (χ2n) is 5.86. The summed E-state index contributed by atoms with van der Waals surface area (Å²) in [6.45, 7) is 4.68. The molecule has 1 aromatic carbocycles. The van der Waals surface area contributed by atoms with E-state index in [4.69, 9.17) is 4.74 Å². The van der Waals surface area contributed by atoms with Gasteiger partial charge in [-0.2, -0.15) is 0 Å². The first-order valence-electron chi connectivity index (χ1n) is 7.68. The number of rotatable bonds is 3. The standard InChI is InChI=1S/C18H19FN2O2/c1-12-6-7-14(10-16(12)19)18(22)21-9-8-15(11-21)23-17-5-3-4-13(2)20-17/h3-7,10,15H,8-9,11H2,1-2H3. The highest BCUT2D eigenvalue weighted by Gasteiger charge is 2.28. The topological polar surface area (TPSA) is 42.4 Å². The van der Waals surface area contributed by atoms with E-state index in [0.717, 1.165) is 12.1 Å². The van der Waals surface area contributed by atoms with Gasteiger partial charge >= 0.3 is 0 Å². The van der Waals surface area contributed by atoms with E-state index < -0.39 is 0 Å². The predicted octanol–water partition coefficient (Wildman–Crippen LogP) is 3.13. The van der Waals surface area contributed by atoms with E-state index in [0.29, 0.717) is 30.1 Å². The first-order valence-corrected chi connectivity index (χ1v) is 7.68. The average molecular weight is 314 g/mol. The molecule has 1 amide bonds. The van der Waals surface area contributed by atoms with Gasteiger partial charge in [0.25, 0.3) is 5.91 Å². The van der Waals surface area contributed by atoms with Gasteiger partial charge in [0, 0.05) is 30.3 Å². The van der Waals surface area contributed by atoms with Crippen molar-refractivity contribution < 1.29 is 13.9 Å². The Hall–Kier alpha value is -2.43. The average Bonchev–Trinajstić information content (AvgIpc) is 2.98. The molecule has 1 saturated heterocycles. The highest BCUT2D eigenvalue weighted by molar-refractivity contribution is 5.94. The molecule has 4 nitrogen and oxygen atoms in total. The highest BCUT2D eigenvalue weighted by atomic mass is 19.1. The molecule has 0 N–H and O–H groups in total. The zero-order valence-electron chi connectivity index (χ0n) is 13.3. The summed E-state index contributed by atoms with van der Waals surface area (Å²) in [5.74, 6) is 0.0599. The Balaban J connectivity index is 1.64. The molecule has 3 rings (SSSR count). The Bertz CT molecular complexity index is 733. The smallest absolute Gasteiger partial charge is 0.254 e. The number of nitrogens with zero attached hydrogens (tertiary/aromatic N) is 2. The summed E-state index contributed by atoms with van der Waals surface area (Å²) in [5, 5.41) is 0. The van der Waals surface area contributed by atoms with Gasteiger partial charge in [-0.15, -0.1) is 0 Å². The Morgan fingerprint density at radius 3 is 2.87 bits per heavy atom. The van der Waals surface area contributed by atoms with Crippen molar-refractivity contribution in [3.05, 3.63) is 59.0 Å². The van der Waals surface area contributed by atoms with Crippen molar-refractivity contribution >= 4 is 5.91 Å². The van der Waals surface area contributed by atoms with Crippen LogP contribution in [-0.2, 0) is 0 Å². The van der Waals surface area contributed by atoms with Crippen LogP contribution in [0.1, 0.15) is 28.0 Å². The number of carbonyl (C=O) groups is 1. The number of halogens is 1. The predicted molar refractivity (Wildman–Crippen MR) is 85.0 cm³/mol. The fourth-order valence-electron chi connectivity index (χ4n) is 2.67. The van der Waals surface area contributed by atoms with Gasteiger partial charge in [0.1, 0.15) is 11.9 Å². The molecule has 0 aliphatic carbocycles. The van der Waals surface area contributed by atoms with Gasteiger partial charge in [0.15, 0.2) is 0 Å². The molecule has 1 aromatic heterocycles. The van der Waals surface area contributed by atoms with E-state index in [2.05, 4.69) is 4.98 Å². The molecule has 0 bridgehead atoms. The highest BCUT2D eigenvalue weighted by Crippen LogP contribution is 2.19. The van der Waals surface area contributed by atoms with Gasteiger partial charge in [0.2, 0.25) is 5.88 Å². The Morgan fingerprint density at radius 1 is 1.30 bits per heavy atom. The number of pyridine rings is 1. The summed E-state index contributed by atoms with van der Waals surface area (Å²) in [5.41, 5.74) is 1.81. The van der Waals surface area contributed by atoms with Gasteiger partial charge in [0.05, 0.1) is 6.54 Å². The maximum Gasteiger partial charge on any atom is 0.254 e. The largest absolute Gasteiger partial charge is 0.472 e. The number of likely N-dealkylation sites (tertiary alicyclic amines) is 1. The van der Waals surface area contributed by atoms with Crippen molar-refractivity contribution in [2.75, 3.05) is 13.1 Å². The molecule has 1 aliphatic rings. The molecule has 0 saturated carbocycles. The zero-order valence-corrected chi connectivity index (χ0v) is 13.3. The Kier molecular flexibility index (Phi) is 4.28. The van der Waals surface area contributed by atoms with Gasteiger partial charge < -0.3 is 9.64 Å². The van der Waals surface area contributed by atoms with Crippen LogP contribution in [0.4, 0.5) is 4.39 Å². The van der Waals surface area contributed by atoms with Gasteiger partial charge in [-0.25, -0.2) is 9.37 Å². The second kappa shape index (κ2) is 6.36. The van der Waals surface area contributed by atoms with E-state index >= 15 is 0 Å². The van der Waals surface area contributed by atoms with Crippen molar-refractivity contribution in [1.29, 1.82) is 0 Å². The summed E-state index contributed by atoms with van der Waals surface area (Å²) >= 11 is 0. The lowest BCUT2D eigenvalue weighted by atomic mass is 10.1. The number of aryl methyl sites for hydroxylation is 2. The number of aromatic nitrogens is 1. The lowest BCUT2D eigenvalue weighted by Gasteiger charge is -2.17. The molecule has 0 spiro atoms. The first-order chi connectivity index (χ1) is 11.0. The lowest BCUT2D eigenvalue weighted by Crippen LogP contribution is -2.31. The van der Waals surface area contributed by atoms with Crippen LogP contribution in [0.5, 0.6) is 5.88 Å². The number of benzene rings is 1. The molecule has 1 atom stereocenters. The number of hydrogen-bond donors (Lipinski definition) is 0. The maximum atomic E-state index is 13.6. The molecule has 23 heavy (non-hydrogen) atoms. The van der Waals surface area contributed by atoms with Crippen molar-refractivity contribution in [3.8, 4) is 5.88 Å². The zero-order chi connectivity index (χ0) is 16.4. The third kappa shape index (κ3) is 3.50. The SMILES string of the molecule is Cc1cccc(OC2CCN(C(=O)c3ccc(C)c(F)c3)C2)n1. The molecule has 1 aliphatic heterocycles. The van der Waals surface area contributed by atoms with E-state index in [9.17, 15) is 9.18 Å². The molecular formula is C18H19FN2O2. The molecule has 1 fully saturated rings. The minimum Gasteiger partial charge on any atom is -0.472 e. The van der Waals surface area contributed by atoms with Crippen molar-refractivity contribution in [1.82, 2.24) is 9.88 Å². The van der Waals surface area contributed by atoms with Crippen molar-refractivity contribution in [2.45, 2.75) is 26.4 Å². The van der Waals surface area contributed by atoms with Gasteiger partial charge in [-0.3, -0.25) is 4.79 Å².